The maximum atomic E-state index is 10.0. The van der Waals surface area contributed by atoms with Crippen molar-refractivity contribution in [3.8, 4) is 0 Å². The molecule has 0 aliphatic heterocycles. The third-order valence-corrected chi connectivity index (χ3v) is 1.66. The zero-order valence-electron chi connectivity index (χ0n) is 7.13. The van der Waals surface area contributed by atoms with E-state index in [2.05, 4.69) is 18.3 Å². The molecule has 1 aromatic rings. The molecule has 0 saturated heterocycles. The summed E-state index contributed by atoms with van der Waals surface area (Å²) in [5, 5.41) is 2.50. The third-order valence-electron chi connectivity index (χ3n) is 1.66. The van der Waals surface area contributed by atoms with Crippen LogP contribution in [0.1, 0.15) is 18.9 Å². The number of amides is 1. The van der Waals surface area contributed by atoms with Crippen LogP contribution in [0, 0.1) is 0 Å². The Kier molecular flexibility index (Phi) is 3.33. The van der Waals surface area contributed by atoms with Gasteiger partial charge in [0, 0.05) is 5.69 Å². The SMILES string of the molecule is CCCc1cccc(N[C]=O)c1. The fourth-order valence-corrected chi connectivity index (χ4v) is 1.15. The van der Waals surface area contributed by atoms with E-state index in [9.17, 15) is 4.79 Å². The van der Waals surface area contributed by atoms with Crippen LogP contribution >= 0.6 is 0 Å². The minimum Gasteiger partial charge on any atom is -0.318 e. The van der Waals surface area contributed by atoms with Gasteiger partial charge in [-0.2, -0.15) is 0 Å². The number of benzene rings is 1. The van der Waals surface area contributed by atoms with Crippen molar-refractivity contribution in [1.29, 1.82) is 0 Å². The molecular formula is C10H12NO. The lowest BCUT2D eigenvalue weighted by Gasteiger charge is -2.01. The average Bonchev–Trinajstić information content (AvgIpc) is 2.06. The number of anilines is 1. The Hall–Kier alpha value is -1.31. The van der Waals surface area contributed by atoms with Gasteiger partial charge in [0.05, 0.1) is 0 Å². The van der Waals surface area contributed by atoms with Gasteiger partial charge in [0.2, 0.25) is 0 Å². The molecule has 1 aromatic carbocycles. The highest BCUT2D eigenvalue weighted by atomic mass is 16.1. The molecule has 0 aromatic heterocycles. The van der Waals surface area contributed by atoms with Crippen LogP contribution < -0.4 is 5.32 Å². The summed E-state index contributed by atoms with van der Waals surface area (Å²) >= 11 is 0. The number of hydrogen-bond donors (Lipinski definition) is 1. The summed E-state index contributed by atoms with van der Waals surface area (Å²) in [6.07, 6.45) is 3.82. The molecule has 0 atom stereocenters. The topological polar surface area (TPSA) is 29.1 Å². The highest BCUT2D eigenvalue weighted by Gasteiger charge is 1.93. The number of rotatable bonds is 4. The van der Waals surface area contributed by atoms with Crippen LogP contribution in [0.2, 0.25) is 0 Å². The molecule has 0 bridgehead atoms. The van der Waals surface area contributed by atoms with Gasteiger partial charge in [-0.25, -0.2) is 0 Å². The standard InChI is InChI=1S/C10H12NO/c1-2-4-9-5-3-6-10(7-9)11-8-12/h3,5-7H,2,4H2,1H3,(H,11,12). The van der Waals surface area contributed by atoms with Crippen molar-refractivity contribution in [3.05, 3.63) is 29.8 Å². The molecular weight excluding hydrogens is 150 g/mol. The molecule has 0 unspecified atom stereocenters. The van der Waals surface area contributed by atoms with Crippen molar-refractivity contribution >= 4 is 12.1 Å². The van der Waals surface area contributed by atoms with Gasteiger partial charge >= 0.3 is 6.41 Å². The van der Waals surface area contributed by atoms with E-state index < -0.39 is 0 Å². The first-order chi connectivity index (χ1) is 5.86. The lowest BCUT2D eigenvalue weighted by Crippen LogP contribution is -1.94. The first-order valence-corrected chi connectivity index (χ1v) is 4.09. The quantitative estimate of drug-likeness (QED) is 0.675. The van der Waals surface area contributed by atoms with Crippen molar-refractivity contribution in [2.75, 3.05) is 5.32 Å². The smallest absolute Gasteiger partial charge is 0.314 e. The van der Waals surface area contributed by atoms with E-state index in [1.165, 1.54) is 5.56 Å². The summed E-state index contributed by atoms with van der Waals surface area (Å²) in [6.45, 7) is 2.13. The predicted octanol–water partition coefficient (Wildman–Crippen LogP) is 2.12. The summed E-state index contributed by atoms with van der Waals surface area (Å²) in [7, 11) is 0. The summed E-state index contributed by atoms with van der Waals surface area (Å²) in [5.41, 5.74) is 2.06. The van der Waals surface area contributed by atoms with E-state index in [-0.39, 0.29) is 0 Å². The Bertz CT molecular complexity index is 258. The zero-order chi connectivity index (χ0) is 8.81. The third kappa shape index (κ3) is 2.38. The molecule has 12 heavy (non-hydrogen) atoms. The molecule has 0 aliphatic rings. The highest BCUT2D eigenvalue weighted by Crippen LogP contribution is 2.10. The molecule has 1 N–H and O–H groups in total. The molecule has 2 nitrogen and oxygen atoms in total. The van der Waals surface area contributed by atoms with E-state index in [0.29, 0.717) is 0 Å². The fourth-order valence-electron chi connectivity index (χ4n) is 1.15. The van der Waals surface area contributed by atoms with E-state index >= 15 is 0 Å². The average molecular weight is 162 g/mol. The number of nitrogens with one attached hydrogen (secondary N) is 1. The first kappa shape index (κ1) is 8.78. The van der Waals surface area contributed by atoms with Crippen LogP contribution in [0.4, 0.5) is 5.69 Å². The maximum absolute atomic E-state index is 10.0. The van der Waals surface area contributed by atoms with Gasteiger partial charge in [0.25, 0.3) is 0 Å². The Morgan fingerprint density at radius 1 is 1.50 bits per heavy atom. The van der Waals surface area contributed by atoms with Gasteiger partial charge in [-0.05, 0) is 24.1 Å². The maximum Gasteiger partial charge on any atom is 0.314 e. The van der Waals surface area contributed by atoms with Crippen molar-refractivity contribution in [3.63, 3.8) is 0 Å². The van der Waals surface area contributed by atoms with Crippen LogP contribution in [-0.2, 0) is 11.2 Å². The van der Waals surface area contributed by atoms with Crippen molar-refractivity contribution in [1.82, 2.24) is 0 Å². The van der Waals surface area contributed by atoms with Gasteiger partial charge < -0.3 is 5.32 Å². The molecule has 2 heteroatoms. The summed E-state index contributed by atoms with van der Waals surface area (Å²) < 4.78 is 0. The summed E-state index contributed by atoms with van der Waals surface area (Å²) in [5.74, 6) is 0. The van der Waals surface area contributed by atoms with Crippen LogP contribution in [0.3, 0.4) is 0 Å². The van der Waals surface area contributed by atoms with Crippen molar-refractivity contribution in [2.24, 2.45) is 0 Å². The number of carbonyl (C=O) groups excluding carboxylic acids is 1. The molecule has 0 spiro atoms. The van der Waals surface area contributed by atoms with Crippen LogP contribution in [0.25, 0.3) is 0 Å². The van der Waals surface area contributed by atoms with E-state index in [0.717, 1.165) is 18.5 Å². The van der Waals surface area contributed by atoms with Gasteiger partial charge in [-0.3, -0.25) is 4.79 Å². The van der Waals surface area contributed by atoms with Gasteiger partial charge in [0.15, 0.2) is 0 Å². The fraction of sp³-hybridized carbons (Fsp3) is 0.300. The molecule has 0 heterocycles. The number of hydrogen-bond acceptors (Lipinski definition) is 1. The Balaban J connectivity index is 2.73. The number of aryl methyl sites for hydroxylation is 1. The normalized spacial score (nSPS) is 9.42. The summed E-state index contributed by atoms with van der Waals surface area (Å²) in [4.78, 5) is 10.0. The second kappa shape index (κ2) is 4.54. The lowest BCUT2D eigenvalue weighted by atomic mass is 10.1. The van der Waals surface area contributed by atoms with Gasteiger partial charge in [-0.1, -0.05) is 25.5 Å². The van der Waals surface area contributed by atoms with Gasteiger partial charge in [0.1, 0.15) is 0 Å². The minimum absolute atomic E-state index is 0.816. The van der Waals surface area contributed by atoms with Gasteiger partial charge in [-0.15, -0.1) is 0 Å². The zero-order valence-corrected chi connectivity index (χ0v) is 7.13. The molecule has 0 aliphatic carbocycles. The molecule has 1 amide bonds. The lowest BCUT2D eigenvalue weighted by molar-refractivity contribution is 0.561. The summed E-state index contributed by atoms with van der Waals surface area (Å²) in [6, 6.07) is 7.81. The van der Waals surface area contributed by atoms with E-state index in [1.807, 2.05) is 18.2 Å². The Morgan fingerprint density at radius 3 is 3.00 bits per heavy atom. The highest BCUT2D eigenvalue weighted by molar-refractivity contribution is 5.71. The predicted molar refractivity (Wildman–Crippen MR) is 49.8 cm³/mol. The van der Waals surface area contributed by atoms with E-state index in [4.69, 9.17) is 0 Å². The Morgan fingerprint density at radius 2 is 2.33 bits per heavy atom. The molecule has 1 rings (SSSR count). The van der Waals surface area contributed by atoms with Crippen LogP contribution in [0.15, 0.2) is 24.3 Å². The van der Waals surface area contributed by atoms with Crippen molar-refractivity contribution in [2.45, 2.75) is 19.8 Å². The second-order valence-electron chi connectivity index (χ2n) is 2.68. The minimum atomic E-state index is 0.816. The largest absolute Gasteiger partial charge is 0.318 e. The van der Waals surface area contributed by atoms with E-state index in [1.54, 1.807) is 6.41 Å². The van der Waals surface area contributed by atoms with Crippen molar-refractivity contribution < 1.29 is 4.79 Å². The monoisotopic (exact) mass is 162 g/mol. The van der Waals surface area contributed by atoms with Crippen LogP contribution in [-0.4, -0.2) is 6.41 Å². The molecule has 0 saturated carbocycles. The Labute approximate surface area is 72.6 Å². The molecule has 0 fully saturated rings. The first-order valence-electron chi connectivity index (χ1n) is 4.09. The molecule has 1 radical (unpaired) electrons. The van der Waals surface area contributed by atoms with Crippen LogP contribution in [0.5, 0.6) is 0 Å². The second-order valence-corrected chi connectivity index (χ2v) is 2.68. The molecule has 63 valence electrons.